The van der Waals surface area contributed by atoms with E-state index >= 15 is 0 Å². The van der Waals surface area contributed by atoms with Crippen LogP contribution in [0.4, 0.5) is 0 Å². The Balaban J connectivity index is 1.43. The number of aliphatic carboxylic acids is 1. The maximum absolute atomic E-state index is 11.4. The summed E-state index contributed by atoms with van der Waals surface area (Å²) in [5, 5.41) is 15.8. The van der Waals surface area contributed by atoms with Gasteiger partial charge in [0.05, 0.1) is 0 Å². The van der Waals surface area contributed by atoms with Crippen LogP contribution in [0.3, 0.4) is 0 Å². The Kier molecular flexibility index (Phi) is 6.01. The molecule has 4 heteroatoms. The molecule has 1 saturated carbocycles. The molecule has 0 heterocycles. The van der Waals surface area contributed by atoms with E-state index < -0.39 is 11.6 Å². The summed E-state index contributed by atoms with van der Waals surface area (Å²) in [6.45, 7) is 5.40. The summed E-state index contributed by atoms with van der Waals surface area (Å²) in [4.78, 5) is 11.4. The first-order chi connectivity index (χ1) is 14.8. The molecular formula is C27H31NO3. The zero-order valence-corrected chi connectivity index (χ0v) is 18.5. The van der Waals surface area contributed by atoms with Crippen molar-refractivity contribution >= 4 is 16.7 Å². The number of hydrogen-bond acceptors (Lipinski definition) is 3. The number of carboxylic acids is 1. The van der Waals surface area contributed by atoms with Gasteiger partial charge in [-0.25, -0.2) is 4.79 Å². The Morgan fingerprint density at radius 3 is 2.61 bits per heavy atom. The molecule has 31 heavy (non-hydrogen) atoms. The highest BCUT2D eigenvalue weighted by Gasteiger charge is 2.31. The third-order valence-corrected chi connectivity index (χ3v) is 6.43. The molecule has 1 aliphatic carbocycles. The molecule has 0 aliphatic heterocycles. The van der Waals surface area contributed by atoms with Gasteiger partial charge in [0.2, 0.25) is 0 Å². The molecule has 1 aliphatic rings. The topological polar surface area (TPSA) is 58.6 Å². The molecule has 4 nitrogen and oxygen atoms in total. The molecule has 0 aromatic heterocycles. The number of carboxylic acid groups (broad SMARTS) is 1. The zero-order chi connectivity index (χ0) is 22.0. The number of carbonyl (C=O) groups is 1. The van der Waals surface area contributed by atoms with Crippen molar-refractivity contribution in [3.05, 3.63) is 77.9 Å². The molecule has 3 aromatic carbocycles. The van der Waals surface area contributed by atoms with Crippen LogP contribution in [-0.2, 0) is 4.79 Å². The van der Waals surface area contributed by atoms with E-state index in [4.69, 9.17) is 4.74 Å². The normalized spacial score (nSPS) is 20.0. The fourth-order valence-corrected chi connectivity index (χ4v) is 4.68. The monoisotopic (exact) mass is 417 g/mol. The van der Waals surface area contributed by atoms with E-state index in [0.29, 0.717) is 17.7 Å². The van der Waals surface area contributed by atoms with Gasteiger partial charge in [-0.15, -0.1) is 0 Å². The van der Waals surface area contributed by atoms with Gasteiger partial charge in [0, 0.05) is 12.1 Å². The average Bonchev–Trinajstić information content (AvgIpc) is 3.21. The first kappa shape index (κ1) is 21.4. The molecule has 0 saturated heterocycles. The molecule has 0 bridgehead atoms. The first-order valence-corrected chi connectivity index (χ1v) is 11.1. The third-order valence-electron chi connectivity index (χ3n) is 6.43. The van der Waals surface area contributed by atoms with Crippen LogP contribution < -0.4 is 10.1 Å². The van der Waals surface area contributed by atoms with E-state index in [1.54, 1.807) is 13.8 Å². The van der Waals surface area contributed by atoms with Crippen LogP contribution in [0.25, 0.3) is 10.8 Å². The predicted octanol–water partition coefficient (Wildman–Crippen LogP) is 6.07. The summed E-state index contributed by atoms with van der Waals surface area (Å²) in [5.74, 6) is 0.101. The van der Waals surface area contributed by atoms with E-state index in [9.17, 15) is 9.90 Å². The molecule has 0 unspecified atom stereocenters. The second-order valence-electron chi connectivity index (χ2n) is 9.15. The quantitative estimate of drug-likeness (QED) is 0.490. The minimum Gasteiger partial charge on any atom is -0.478 e. The molecule has 0 spiro atoms. The minimum atomic E-state index is -1.24. The van der Waals surface area contributed by atoms with E-state index in [-0.39, 0.29) is 6.04 Å². The maximum atomic E-state index is 11.4. The van der Waals surface area contributed by atoms with Gasteiger partial charge >= 0.3 is 5.97 Å². The molecule has 2 N–H and O–H groups in total. The lowest BCUT2D eigenvalue weighted by molar-refractivity contribution is -0.152. The van der Waals surface area contributed by atoms with E-state index in [1.807, 2.05) is 18.2 Å². The average molecular weight is 418 g/mol. The smallest absolute Gasteiger partial charge is 0.347 e. The molecule has 1 fully saturated rings. The van der Waals surface area contributed by atoms with Crippen molar-refractivity contribution in [2.24, 2.45) is 0 Å². The first-order valence-electron chi connectivity index (χ1n) is 11.1. The van der Waals surface area contributed by atoms with Crippen molar-refractivity contribution in [1.82, 2.24) is 5.32 Å². The van der Waals surface area contributed by atoms with E-state index in [2.05, 4.69) is 60.8 Å². The van der Waals surface area contributed by atoms with Gasteiger partial charge in [-0.05, 0) is 80.0 Å². The number of fused-ring (bicyclic) bond motifs is 1. The number of rotatable bonds is 7. The molecule has 162 valence electrons. The highest BCUT2D eigenvalue weighted by atomic mass is 16.5. The summed E-state index contributed by atoms with van der Waals surface area (Å²) < 4.78 is 5.74. The lowest BCUT2D eigenvalue weighted by atomic mass is 9.96. The fourth-order valence-electron chi connectivity index (χ4n) is 4.68. The van der Waals surface area contributed by atoms with E-state index in [0.717, 1.165) is 19.3 Å². The Morgan fingerprint density at radius 1 is 1.06 bits per heavy atom. The number of nitrogens with one attached hydrogen (secondary N) is 1. The largest absolute Gasteiger partial charge is 0.478 e. The van der Waals surface area contributed by atoms with Crippen molar-refractivity contribution < 1.29 is 14.6 Å². The lowest BCUT2D eigenvalue weighted by Crippen LogP contribution is -2.37. The minimum absolute atomic E-state index is 0.279. The second-order valence-corrected chi connectivity index (χ2v) is 9.15. The highest BCUT2D eigenvalue weighted by molar-refractivity contribution is 5.86. The van der Waals surface area contributed by atoms with Crippen LogP contribution in [0.5, 0.6) is 5.75 Å². The van der Waals surface area contributed by atoms with Gasteiger partial charge in [-0.3, -0.25) is 0 Å². The Labute approximate surface area is 184 Å². The van der Waals surface area contributed by atoms with Gasteiger partial charge < -0.3 is 15.2 Å². The number of ether oxygens (including phenoxy) is 1. The van der Waals surface area contributed by atoms with Crippen LogP contribution in [0, 0.1) is 0 Å². The van der Waals surface area contributed by atoms with Crippen molar-refractivity contribution in [2.45, 2.75) is 63.6 Å². The van der Waals surface area contributed by atoms with Crippen molar-refractivity contribution in [3.63, 3.8) is 0 Å². The predicted molar refractivity (Wildman–Crippen MR) is 125 cm³/mol. The molecule has 3 aromatic rings. The lowest BCUT2D eigenvalue weighted by Gasteiger charge is -2.23. The molecule has 0 radical (unpaired) electrons. The Hall–Kier alpha value is -2.85. The van der Waals surface area contributed by atoms with Crippen LogP contribution in [0.1, 0.15) is 63.1 Å². The molecule has 3 atom stereocenters. The molecular weight excluding hydrogens is 386 g/mol. The molecule has 0 amide bonds. The van der Waals surface area contributed by atoms with Crippen molar-refractivity contribution in [2.75, 3.05) is 0 Å². The summed E-state index contributed by atoms with van der Waals surface area (Å²) in [6.07, 6.45) is 3.32. The third kappa shape index (κ3) is 4.75. The van der Waals surface area contributed by atoms with Crippen molar-refractivity contribution in [3.8, 4) is 5.75 Å². The molecule has 4 rings (SSSR count). The second kappa shape index (κ2) is 8.72. The summed E-state index contributed by atoms with van der Waals surface area (Å²) >= 11 is 0. The fraction of sp³-hybridized carbons (Fsp3) is 0.370. The Morgan fingerprint density at radius 2 is 1.81 bits per heavy atom. The van der Waals surface area contributed by atoms with Crippen LogP contribution >= 0.6 is 0 Å². The van der Waals surface area contributed by atoms with Gasteiger partial charge in [0.25, 0.3) is 0 Å². The summed E-state index contributed by atoms with van der Waals surface area (Å²) in [6, 6.07) is 23.7. The standard InChI is InChI=1S/C27H31NO3/c1-18(24-13-7-9-19-8-4-5-12-25(19)24)28-22-15-14-21(16-22)20-10-6-11-23(17-20)31-27(2,3)26(29)30/h4-13,17-18,21-22,28H,14-16H2,1-3H3,(H,29,30)/t18-,21-,22+/m1/s1. The van der Waals surface area contributed by atoms with E-state index in [1.165, 1.54) is 21.9 Å². The number of hydrogen-bond donors (Lipinski definition) is 2. The SMILES string of the molecule is C[C@@H](N[C@H]1CC[C@@H](c2cccc(OC(C)(C)C(=O)O)c2)C1)c1cccc2ccccc12. The van der Waals surface area contributed by atoms with Gasteiger partial charge in [0.15, 0.2) is 5.60 Å². The van der Waals surface area contributed by atoms with Gasteiger partial charge in [-0.1, -0.05) is 54.6 Å². The van der Waals surface area contributed by atoms with Crippen LogP contribution in [0.2, 0.25) is 0 Å². The summed E-state index contributed by atoms with van der Waals surface area (Å²) in [7, 11) is 0. The maximum Gasteiger partial charge on any atom is 0.347 e. The van der Waals surface area contributed by atoms with Gasteiger partial charge in [-0.2, -0.15) is 0 Å². The highest BCUT2D eigenvalue weighted by Crippen LogP contribution is 2.37. The van der Waals surface area contributed by atoms with Crippen LogP contribution in [0.15, 0.2) is 66.7 Å². The zero-order valence-electron chi connectivity index (χ0n) is 18.5. The Bertz CT molecular complexity index is 1070. The van der Waals surface area contributed by atoms with Crippen LogP contribution in [-0.4, -0.2) is 22.7 Å². The van der Waals surface area contributed by atoms with Crippen molar-refractivity contribution in [1.29, 1.82) is 0 Å². The summed E-state index contributed by atoms with van der Waals surface area (Å²) in [5.41, 5.74) is 1.32. The number of benzene rings is 3. The van der Waals surface area contributed by atoms with Gasteiger partial charge in [0.1, 0.15) is 5.75 Å².